The molecule has 3 aromatic rings. The minimum atomic E-state index is -3.77. The van der Waals surface area contributed by atoms with Gasteiger partial charge in [0.25, 0.3) is 15.7 Å². The number of aryl methyl sites for hydroxylation is 1. The molecule has 0 aliphatic heterocycles. The van der Waals surface area contributed by atoms with Crippen LogP contribution in [0.3, 0.4) is 0 Å². The van der Waals surface area contributed by atoms with Crippen LogP contribution >= 0.6 is 15.9 Å². The van der Waals surface area contributed by atoms with Gasteiger partial charge in [0.05, 0.1) is 16.0 Å². The van der Waals surface area contributed by atoms with Gasteiger partial charge >= 0.3 is 0 Å². The zero-order valence-corrected chi connectivity index (χ0v) is 16.9. The zero-order chi connectivity index (χ0) is 20.3. The van der Waals surface area contributed by atoms with Crippen molar-refractivity contribution in [3.05, 3.63) is 80.5 Å². The van der Waals surface area contributed by atoms with Crippen molar-refractivity contribution in [3.8, 4) is 11.3 Å². The van der Waals surface area contributed by atoms with Gasteiger partial charge in [-0.05, 0) is 53.2 Å². The second kappa shape index (κ2) is 7.95. The van der Waals surface area contributed by atoms with E-state index in [0.717, 1.165) is 5.56 Å². The van der Waals surface area contributed by atoms with Gasteiger partial charge in [0, 0.05) is 22.2 Å². The fraction of sp³-hybridized carbons (Fsp3) is 0.0556. The van der Waals surface area contributed by atoms with Gasteiger partial charge < -0.3 is 4.42 Å². The highest BCUT2D eigenvalue weighted by Crippen LogP contribution is 2.32. The third kappa shape index (κ3) is 4.46. The lowest BCUT2D eigenvalue weighted by molar-refractivity contribution is -0.384. The minimum absolute atomic E-state index is 0.0468. The maximum Gasteiger partial charge on any atom is 0.276 e. The van der Waals surface area contributed by atoms with Gasteiger partial charge in [0.15, 0.2) is 0 Å². The Labute approximate surface area is 169 Å². The zero-order valence-electron chi connectivity index (χ0n) is 14.5. The number of rotatable bonds is 6. The normalized spacial score (nSPS) is 11.6. The van der Waals surface area contributed by atoms with Crippen LogP contribution in [-0.2, 0) is 10.0 Å². The summed E-state index contributed by atoms with van der Waals surface area (Å²) in [5.74, 6) is 0.761. The molecule has 144 valence electrons. The molecule has 0 fully saturated rings. The summed E-state index contributed by atoms with van der Waals surface area (Å²) in [5.41, 5.74) is 1.52. The maximum atomic E-state index is 12.2. The Kier molecular flexibility index (Phi) is 5.61. The van der Waals surface area contributed by atoms with E-state index in [1.165, 1.54) is 30.5 Å². The molecule has 0 amide bonds. The molecule has 28 heavy (non-hydrogen) atoms. The second-order valence-corrected chi connectivity index (χ2v) is 8.30. The topological polar surface area (TPSA) is 115 Å². The Balaban J connectivity index is 1.74. The van der Waals surface area contributed by atoms with Crippen LogP contribution in [0.15, 0.2) is 73.5 Å². The summed E-state index contributed by atoms with van der Waals surface area (Å²) in [7, 11) is -3.77. The third-order valence-corrected chi connectivity index (χ3v) is 5.65. The average molecular weight is 464 g/mol. The summed E-state index contributed by atoms with van der Waals surface area (Å²) in [6, 6.07) is 13.9. The fourth-order valence-corrected chi connectivity index (χ4v) is 3.67. The van der Waals surface area contributed by atoms with Gasteiger partial charge in [-0.15, -0.1) is 0 Å². The number of nitrogens with zero attached hydrogens (tertiary/aromatic N) is 2. The number of hydrogen-bond donors (Lipinski definition) is 1. The predicted molar refractivity (Wildman–Crippen MR) is 108 cm³/mol. The first-order chi connectivity index (χ1) is 13.3. The highest BCUT2D eigenvalue weighted by molar-refractivity contribution is 9.10. The van der Waals surface area contributed by atoms with Crippen LogP contribution in [-0.4, -0.2) is 19.6 Å². The second-order valence-electron chi connectivity index (χ2n) is 5.79. The van der Waals surface area contributed by atoms with Crippen molar-refractivity contribution in [2.75, 3.05) is 0 Å². The molecular formula is C18H14BrN3O5S. The van der Waals surface area contributed by atoms with E-state index in [-0.39, 0.29) is 10.6 Å². The first-order valence-corrected chi connectivity index (χ1v) is 10.2. The molecule has 0 aliphatic rings. The van der Waals surface area contributed by atoms with Crippen molar-refractivity contribution in [1.29, 1.82) is 0 Å². The molecule has 8 nitrogen and oxygen atoms in total. The van der Waals surface area contributed by atoms with Gasteiger partial charge in [-0.25, -0.2) is 0 Å². The van der Waals surface area contributed by atoms with Gasteiger partial charge in [-0.3, -0.25) is 10.1 Å². The van der Waals surface area contributed by atoms with Crippen LogP contribution in [0.25, 0.3) is 11.3 Å². The van der Waals surface area contributed by atoms with Crippen LogP contribution in [0, 0.1) is 17.0 Å². The lowest BCUT2D eigenvalue weighted by Crippen LogP contribution is -2.18. The molecule has 0 bridgehead atoms. The Morgan fingerprint density at radius 2 is 1.86 bits per heavy atom. The monoisotopic (exact) mass is 463 g/mol. The highest BCUT2D eigenvalue weighted by Gasteiger charge is 2.14. The van der Waals surface area contributed by atoms with Crippen molar-refractivity contribution < 1.29 is 17.8 Å². The van der Waals surface area contributed by atoms with Gasteiger partial charge in [0.2, 0.25) is 0 Å². The molecular weight excluding hydrogens is 450 g/mol. The molecule has 0 saturated heterocycles. The molecule has 3 rings (SSSR count). The molecule has 0 saturated carbocycles. The SMILES string of the molecule is Cc1ccc(S(=O)(=O)NN=Cc2ccc(-c3ccc([N+](=O)[O-])cc3Br)o2)cc1. The van der Waals surface area contributed by atoms with Crippen LogP contribution in [0.4, 0.5) is 5.69 Å². The van der Waals surface area contributed by atoms with E-state index in [2.05, 4.69) is 25.9 Å². The first-order valence-electron chi connectivity index (χ1n) is 7.92. The molecule has 0 atom stereocenters. The quantitative estimate of drug-likeness (QED) is 0.333. The van der Waals surface area contributed by atoms with E-state index in [1.807, 2.05) is 6.92 Å². The number of sulfonamides is 1. The number of non-ortho nitro benzene ring substituents is 1. The molecule has 0 unspecified atom stereocenters. The Morgan fingerprint density at radius 3 is 2.50 bits per heavy atom. The summed E-state index contributed by atoms with van der Waals surface area (Å²) in [5, 5.41) is 14.5. The smallest absolute Gasteiger partial charge is 0.276 e. The van der Waals surface area contributed by atoms with Crippen LogP contribution < -0.4 is 4.83 Å². The van der Waals surface area contributed by atoms with Crippen molar-refractivity contribution >= 4 is 37.9 Å². The number of hydrogen-bond acceptors (Lipinski definition) is 6. The number of nitro groups is 1. The largest absolute Gasteiger partial charge is 0.455 e. The van der Waals surface area contributed by atoms with E-state index in [1.54, 1.807) is 30.3 Å². The fourth-order valence-electron chi connectivity index (χ4n) is 2.31. The van der Waals surface area contributed by atoms with Crippen molar-refractivity contribution in [2.24, 2.45) is 5.10 Å². The molecule has 1 aromatic heterocycles. The Bertz CT molecular complexity index is 1150. The van der Waals surface area contributed by atoms with Crippen molar-refractivity contribution in [2.45, 2.75) is 11.8 Å². The lowest BCUT2D eigenvalue weighted by atomic mass is 10.1. The molecule has 10 heteroatoms. The Hall–Kier alpha value is -2.98. The standard InChI is InChI=1S/C18H14BrN3O5S/c1-12-2-6-15(7-3-12)28(25,26)21-20-11-14-5-9-18(27-14)16-8-4-13(22(23)24)10-17(16)19/h2-11,21H,1H3. The molecule has 1 heterocycles. The van der Waals surface area contributed by atoms with E-state index in [9.17, 15) is 18.5 Å². The third-order valence-electron chi connectivity index (χ3n) is 3.75. The van der Waals surface area contributed by atoms with E-state index in [4.69, 9.17) is 4.42 Å². The number of halogens is 1. The number of hydrazone groups is 1. The highest BCUT2D eigenvalue weighted by atomic mass is 79.9. The van der Waals surface area contributed by atoms with Crippen LogP contribution in [0.2, 0.25) is 0 Å². The molecule has 2 aromatic carbocycles. The van der Waals surface area contributed by atoms with Crippen LogP contribution in [0.5, 0.6) is 0 Å². The summed E-state index contributed by atoms with van der Waals surface area (Å²) in [4.78, 5) is 12.5. The van der Waals surface area contributed by atoms with E-state index >= 15 is 0 Å². The molecule has 0 aliphatic carbocycles. The van der Waals surface area contributed by atoms with Crippen LogP contribution in [0.1, 0.15) is 11.3 Å². The van der Waals surface area contributed by atoms with Crippen molar-refractivity contribution in [3.63, 3.8) is 0 Å². The summed E-state index contributed by atoms with van der Waals surface area (Å²) in [6.45, 7) is 1.86. The van der Waals surface area contributed by atoms with E-state index in [0.29, 0.717) is 21.6 Å². The molecule has 1 N–H and O–H groups in total. The number of furan rings is 1. The van der Waals surface area contributed by atoms with Gasteiger partial charge in [-0.2, -0.15) is 18.4 Å². The number of benzene rings is 2. The van der Waals surface area contributed by atoms with Gasteiger partial charge in [-0.1, -0.05) is 17.7 Å². The molecule has 0 spiro atoms. The summed E-state index contributed by atoms with van der Waals surface area (Å²) >= 11 is 3.28. The first kappa shape index (κ1) is 19.8. The van der Waals surface area contributed by atoms with E-state index < -0.39 is 14.9 Å². The minimum Gasteiger partial charge on any atom is -0.455 e. The Morgan fingerprint density at radius 1 is 1.14 bits per heavy atom. The maximum absolute atomic E-state index is 12.2. The molecule has 0 radical (unpaired) electrons. The van der Waals surface area contributed by atoms with Gasteiger partial charge in [0.1, 0.15) is 11.5 Å². The average Bonchev–Trinajstić information content (AvgIpc) is 3.10. The lowest BCUT2D eigenvalue weighted by Gasteiger charge is -2.03. The number of nitrogens with one attached hydrogen (secondary N) is 1. The van der Waals surface area contributed by atoms with Crippen molar-refractivity contribution in [1.82, 2.24) is 4.83 Å². The summed E-state index contributed by atoms with van der Waals surface area (Å²) < 4.78 is 30.5. The number of nitro benzene ring substituents is 1. The predicted octanol–water partition coefficient (Wildman–Crippen LogP) is 4.24. The summed E-state index contributed by atoms with van der Waals surface area (Å²) in [6.07, 6.45) is 1.23.